The van der Waals surface area contributed by atoms with Crippen LogP contribution in [0.1, 0.15) is 23.4 Å². The molecule has 0 radical (unpaired) electrons. The van der Waals surface area contributed by atoms with Crippen molar-refractivity contribution in [2.75, 3.05) is 6.61 Å². The lowest BCUT2D eigenvalue weighted by Gasteiger charge is -2.12. The standard InChI is InChI=1S/C16H15ClN2OS/c1-2-20-14-10-12(8-9-13(14)17)16-19-18-15(21-16)11-6-4-3-5-7-11/h3-10,16,19H,2H2,1H3/t16-/m0/s1. The first-order chi connectivity index (χ1) is 10.3. The molecule has 1 atom stereocenters. The van der Waals surface area contributed by atoms with E-state index in [4.69, 9.17) is 16.3 Å². The van der Waals surface area contributed by atoms with E-state index in [-0.39, 0.29) is 5.37 Å². The Morgan fingerprint density at radius 3 is 2.81 bits per heavy atom. The highest BCUT2D eigenvalue weighted by molar-refractivity contribution is 8.14. The van der Waals surface area contributed by atoms with Crippen molar-refractivity contribution in [3.63, 3.8) is 0 Å². The van der Waals surface area contributed by atoms with Crippen molar-refractivity contribution in [3.8, 4) is 5.75 Å². The molecule has 0 saturated carbocycles. The van der Waals surface area contributed by atoms with Crippen LogP contribution in [0.2, 0.25) is 5.02 Å². The molecule has 1 heterocycles. The topological polar surface area (TPSA) is 33.6 Å². The van der Waals surface area contributed by atoms with Gasteiger partial charge in [0.2, 0.25) is 0 Å². The van der Waals surface area contributed by atoms with Crippen LogP contribution in [-0.4, -0.2) is 11.7 Å². The second kappa shape index (κ2) is 6.41. The van der Waals surface area contributed by atoms with E-state index in [2.05, 4.69) is 22.7 Å². The van der Waals surface area contributed by atoms with Gasteiger partial charge < -0.3 is 4.74 Å². The smallest absolute Gasteiger partial charge is 0.138 e. The average Bonchev–Trinajstić information content (AvgIpc) is 3.00. The van der Waals surface area contributed by atoms with Crippen LogP contribution in [0.15, 0.2) is 53.6 Å². The number of benzene rings is 2. The maximum Gasteiger partial charge on any atom is 0.138 e. The second-order valence-electron chi connectivity index (χ2n) is 4.53. The van der Waals surface area contributed by atoms with E-state index in [0.29, 0.717) is 17.4 Å². The van der Waals surface area contributed by atoms with Crippen molar-refractivity contribution in [1.82, 2.24) is 5.43 Å². The minimum atomic E-state index is 0.0803. The number of nitrogens with one attached hydrogen (secondary N) is 1. The molecule has 21 heavy (non-hydrogen) atoms. The van der Waals surface area contributed by atoms with E-state index in [1.807, 2.05) is 43.3 Å². The summed E-state index contributed by atoms with van der Waals surface area (Å²) in [7, 11) is 0. The fraction of sp³-hybridized carbons (Fsp3) is 0.188. The molecule has 1 aliphatic heterocycles. The van der Waals surface area contributed by atoms with E-state index < -0.39 is 0 Å². The Morgan fingerprint density at radius 1 is 1.24 bits per heavy atom. The van der Waals surface area contributed by atoms with Crippen LogP contribution in [0.3, 0.4) is 0 Å². The van der Waals surface area contributed by atoms with Crippen LogP contribution < -0.4 is 10.2 Å². The maximum atomic E-state index is 6.13. The molecule has 0 unspecified atom stereocenters. The predicted molar refractivity (Wildman–Crippen MR) is 89.1 cm³/mol. The van der Waals surface area contributed by atoms with Crippen LogP contribution in [0.25, 0.3) is 0 Å². The third-order valence-corrected chi connectivity index (χ3v) is 4.57. The summed E-state index contributed by atoms with van der Waals surface area (Å²) in [5.74, 6) is 0.715. The number of ether oxygens (including phenoxy) is 1. The van der Waals surface area contributed by atoms with Crippen LogP contribution >= 0.6 is 23.4 Å². The summed E-state index contributed by atoms with van der Waals surface area (Å²) in [4.78, 5) is 0. The molecule has 0 bridgehead atoms. The number of thioether (sulfide) groups is 1. The predicted octanol–water partition coefficient (Wildman–Crippen LogP) is 4.44. The van der Waals surface area contributed by atoms with Gasteiger partial charge in [-0.1, -0.05) is 59.8 Å². The lowest BCUT2D eigenvalue weighted by Crippen LogP contribution is -2.07. The fourth-order valence-corrected chi connectivity index (χ4v) is 3.25. The highest BCUT2D eigenvalue weighted by Crippen LogP contribution is 2.37. The molecule has 0 saturated heterocycles. The van der Waals surface area contributed by atoms with E-state index in [1.54, 1.807) is 11.8 Å². The minimum Gasteiger partial charge on any atom is -0.492 e. The van der Waals surface area contributed by atoms with E-state index in [0.717, 1.165) is 16.2 Å². The van der Waals surface area contributed by atoms with Crippen molar-refractivity contribution in [2.45, 2.75) is 12.3 Å². The summed E-state index contributed by atoms with van der Waals surface area (Å²) in [6.07, 6.45) is 0. The van der Waals surface area contributed by atoms with Crippen LogP contribution in [0, 0.1) is 0 Å². The molecule has 1 aliphatic rings. The van der Waals surface area contributed by atoms with Crippen LogP contribution in [0.5, 0.6) is 5.75 Å². The van der Waals surface area contributed by atoms with Gasteiger partial charge in [-0.05, 0) is 24.6 Å². The number of nitrogens with zero attached hydrogens (tertiary/aromatic N) is 1. The molecular formula is C16H15ClN2OS. The van der Waals surface area contributed by atoms with Gasteiger partial charge in [0, 0.05) is 5.56 Å². The molecule has 3 nitrogen and oxygen atoms in total. The SMILES string of the molecule is CCOc1cc([C@H]2NN=C(c3ccccc3)S2)ccc1Cl. The van der Waals surface area contributed by atoms with E-state index in [1.165, 1.54) is 0 Å². The van der Waals surface area contributed by atoms with Gasteiger partial charge in [-0.15, -0.1) is 0 Å². The molecule has 5 heteroatoms. The molecule has 0 amide bonds. The summed E-state index contributed by atoms with van der Waals surface area (Å²) in [6.45, 7) is 2.54. The molecule has 0 aromatic heterocycles. The first kappa shape index (κ1) is 14.3. The molecule has 108 valence electrons. The highest BCUT2D eigenvalue weighted by atomic mass is 35.5. The molecule has 0 spiro atoms. The normalized spacial score (nSPS) is 17.2. The van der Waals surface area contributed by atoms with Gasteiger partial charge in [0.1, 0.15) is 16.2 Å². The maximum absolute atomic E-state index is 6.13. The summed E-state index contributed by atoms with van der Waals surface area (Å²) < 4.78 is 5.54. The lowest BCUT2D eigenvalue weighted by atomic mass is 10.2. The first-order valence-electron chi connectivity index (χ1n) is 6.75. The van der Waals surface area contributed by atoms with Crippen molar-refractivity contribution < 1.29 is 4.74 Å². The third kappa shape index (κ3) is 3.17. The zero-order chi connectivity index (χ0) is 14.7. The van der Waals surface area contributed by atoms with Gasteiger partial charge >= 0.3 is 0 Å². The van der Waals surface area contributed by atoms with Gasteiger partial charge in [-0.2, -0.15) is 5.10 Å². The fourth-order valence-electron chi connectivity index (χ4n) is 2.09. The third-order valence-electron chi connectivity index (χ3n) is 3.09. The molecule has 3 rings (SSSR count). The number of hydrazone groups is 1. The monoisotopic (exact) mass is 318 g/mol. The molecule has 1 N–H and O–H groups in total. The Balaban J connectivity index is 1.77. The average molecular weight is 319 g/mol. The molecular weight excluding hydrogens is 304 g/mol. The largest absolute Gasteiger partial charge is 0.492 e. The van der Waals surface area contributed by atoms with Crippen molar-refractivity contribution in [1.29, 1.82) is 0 Å². The van der Waals surface area contributed by atoms with Gasteiger partial charge in [0.25, 0.3) is 0 Å². The van der Waals surface area contributed by atoms with Crippen molar-refractivity contribution in [2.24, 2.45) is 5.10 Å². The lowest BCUT2D eigenvalue weighted by molar-refractivity contribution is 0.340. The Hall–Kier alpha value is -1.65. The van der Waals surface area contributed by atoms with Crippen LogP contribution in [0.4, 0.5) is 0 Å². The van der Waals surface area contributed by atoms with Crippen molar-refractivity contribution >= 4 is 28.4 Å². The Morgan fingerprint density at radius 2 is 2.05 bits per heavy atom. The Labute approximate surface area is 133 Å². The van der Waals surface area contributed by atoms with Gasteiger partial charge in [-0.3, -0.25) is 5.43 Å². The highest BCUT2D eigenvalue weighted by Gasteiger charge is 2.22. The van der Waals surface area contributed by atoms with Gasteiger partial charge in [0.05, 0.1) is 11.6 Å². The van der Waals surface area contributed by atoms with E-state index >= 15 is 0 Å². The first-order valence-corrected chi connectivity index (χ1v) is 8.01. The minimum absolute atomic E-state index is 0.0803. The van der Waals surface area contributed by atoms with Crippen molar-refractivity contribution in [3.05, 3.63) is 64.7 Å². The zero-order valence-corrected chi connectivity index (χ0v) is 13.1. The Kier molecular flexibility index (Phi) is 4.36. The van der Waals surface area contributed by atoms with E-state index in [9.17, 15) is 0 Å². The zero-order valence-electron chi connectivity index (χ0n) is 11.5. The summed E-state index contributed by atoms with van der Waals surface area (Å²) >= 11 is 7.82. The van der Waals surface area contributed by atoms with Gasteiger partial charge in [-0.25, -0.2) is 0 Å². The second-order valence-corrected chi connectivity index (χ2v) is 6.03. The number of hydrogen-bond acceptors (Lipinski definition) is 4. The van der Waals surface area contributed by atoms with Gasteiger partial charge in [0.15, 0.2) is 0 Å². The molecule has 2 aromatic carbocycles. The number of hydrogen-bond donors (Lipinski definition) is 1. The Bertz CT molecular complexity index is 661. The number of rotatable bonds is 4. The summed E-state index contributed by atoms with van der Waals surface area (Å²) in [5, 5.41) is 6.12. The molecule has 0 fully saturated rings. The quantitative estimate of drug-likeness (QED) is 0.905. The number of halogens is 1. The molecule has 0 aliphatic carbocycles. The van der Waals surface area contributed by atoms with Crippen LogP contribution in [-0.2, 0) is 0 Å². The molecule has 2 aromatic rings. The summed E-state index contributed by atoms with van der Waals surface area (Å²) in [6, 6.07) is 16.0. The summed E-state index contributed by atoms with van der Waals surface area (Å²) in [5.41, 5.74) is 5.38.